The zero-order valence-electron chi connectivity index (χ0n) is 26.9. The number of amides is 2. The molecule has 40 heavy (non-hydrogen) atoms. The Labute approximate surface area is 284 Å². The highest BCUT2D eigenvalue weighted by Gasteiger charge is 2.14. The summed E-state index contributed by atoms with van der Waals surface area (Å²) >= 11 is 0. The van der Waals surface area contributed by atoms with Gasteiger partial charge in [0.1, 0.15) is 0 Å². The zero-order valence-corrected chi connectivity index (χ0v) is 31.2. The van der Waals surface area contributed by atoms with Gasteiger partial charge >= 0.3 is 0 Å². The van der Waals surface area contributed by atoms with Crippen molar-refractivity contribution in [2.45, 2.75) is 105 Å². The molecule has 0 saturated heterocycles. The van der Waals surface area contributed by atoms with Crippen molar-refractivity contribution in [1.29, 1.82) is 0 Å². The van der Waals surface area contributed by atoms with E-state index in [1.807, 2.05) is 0 Å². The summed E-state index contributed by atoms with van der Waals surface area (Å²) < 4.78 is 1.99. The van der Waals surface area contributed by atoms with Gasteiger partial charge in [-0.15, -0.1) is 0 Å². The summed E-state index contributed by atoms with van der Waals surface area (Å²) in [6.07, 6.45) is 16.0. The first-order chi connectivity index (χ1) is 17.2. The summed E-state index contributed by atoms with van der Waals surface area (Å²) in [5, 5.41) is 5.72. The highest BCUT2D eigenvalue weighted by molar-refractivity contribution is 5.92. The van der Waals surface area contributed by atoms with Crippen molar-refractivity contribution in [2.75, 3.05) is 68.0 Å². The van der Waals surface area contributed by atoms with Crippen molar-refractivity contribution in [1.82, 2.24) is 10.6 Å². The lowest BCUT2D eigenvalue weighted by molar-refractivity contribution is -0.890. The third kappa shape index (κ3) is 37.8. The van der Waals surface area contributed by atoms with Crippen LogP contribution in [-0.4, -0.2) is 88.7 Å². The van der Waals surface area contributed by atoms with Crippen LogP contribution in [0.5, 0.6) is 0 Å². The Morgan fingerprint density at radius 2 is 0.900 bits per heavy atom. The molecule has 0 aromatic heterocycles. The molecule has 2 amide bonds. The van der Waals surface area contributed by atoms with Crippen LogP contribution in [0.1, 0.15) is 105 Å². The van der Waals surface area contributed by atoms with E-state index in [9.17, 15) is 9.59 Å². The Morgan fingerprint density at radius 1 is 0.575 bits per heavy atom. The van der Waals surface area contributed by atoms with Crippen molar-refractivity contribution in [3.63, 3.8) is 0 Å². The minimum atomic E-state index is -0.0404. The second kappa shape index (κ2) is 30.3. The van der Waals surface area contributed by atoms with E-state index in [1.165, 1.54) is 70.8 Å². The summed E-state index contributed by atoms with van der Waals surface area (Å²) in [4.78, 5) is 22.5. The Morgan fingerprint density at radius 3 is 1.25 bits per heavy atom. The largest absolute Gasteiger partial charge is 1.00 e. The van der Waals surface area contributed by atoms with Gasteiger partial charge in [0.15, 0.2) is 0 Å². The smallest absolute Gasteiger partial charge is 0.246 e. The molecule has 0 saturated carbocycles. The van der Waals surface area contributed by atoms with Gasteiger partial charge in [-0.25, -0.2) is 0 Å². The van der Waals surface area contributed by atoms with E-state index in [-0.39, 0.29) is 67.2 Å². The highest BCUT2D eigenvalue weighted by Crippen LogP contribution is 2.12. The summed E-state index contributed by atoms with van der Waals surface area (Å²) in [6, 6.07) is 0. The molecule has 0 spiro atoms. The molecule has 0 unspecified atom stereocenters. The second-order valence-electron chi connectivity index (χ2n) is 12.4. The first-order valence-corrected chi connectivity index (χ1v) is 14.7. The SMILES string of the molecule is C.C=C(C)C(=O)NCCC[N+](C)(C)C.C=C(C)C(=O)NCCC[N+](C)(C)CCCCCCCCCCCC.[I-].[I-]. The Bertz CT molecular complexity index is 647. The number of hydrogen-bond acceptors (Lipinski definition) is 2. The molecule has 6 nitrogen and oxygen atoms in total. The number of rotatable bonds is 21. The van der Waals surface area contributed by atoms with E-state index in [0.29, 0.717) is 11.1 Å². The second-order valence-corrected chi connectivity index (χ2v) is 12.4. The first-order valence-electron chi connectivity index (χ1n) is 14.7. The third-order valence-electron chi connectivity index (χ3n) is 6.41. The van der Waals surface area contributed by atoms with Gasteiger partial charge in [0.05, 0.1) is 54.9 Å². The topological polar surface area (TPSA) is 58.2 Å². The van der Waals surface area contributed by atoms with Crippen LogP contribution in [0.3, 0.4) is 0 Å². The lowest BCUT2D eigenvalue weighted by Crippen LogP contribution is -3.00. The molecule has 242 valence electrons. The van der Waals surface area contributed by atoms with Gasteiger partial charge in [0.2, 0.25) is 11.8 Å². The number of halogens is 2. The lowest BCUT2D eigenvalue weighted by Gasteiger charge is -2.30. The van der Waals surface area contributed by atoms with E-state index < -0.39 is 0 Å². The molecule has 0 radical (unpaired) electrons. The highest BCUT2D eigenvalue weighted by atomic mass is 127. The van der Waals surface area contributed by atoms with Gasteiger partial charge in [-0.2, -0.15) is 0 Å². The molecule has 2 N–H and O–H groups in total. The number of quaternary nitrogens is 2. The molecule has 0 aliphatic rings. The minimum Gasteiger partial charge on any atom is -1.00 e. The van der Waals surface area contributed by atoms with Gasteiger partial charge < -0.3 is 67.6 Å². The van der Waals surface area contributed by atoms with Crippen LogP contribution in [0, 0.1) is 0 Å². The average molecular weight is 795 g/mol. The van der Waals surface area contributed by atoms with Crippen LogP contribution in [0.15, 0.2) is 24.3 Å². The van der Waals surface area contributed by atoms with Crippen LogP contribution in [-0.2, 0) is 9.59 Å². The molecule has 0 aromatic rings. The first kappa shape index (κ1) is 49.5. The van der Waals surface area contributed by atoms with Crippen molar-refractivity contribution in [3.05, 3.63) is 24.3 Å². The maximum atomic E-state index is 11.4. The Hall–Kier alpha value is -0.200. The fourth-order valence-corrected chi connectivity index (χ4v) is 3.91. The lowest BCUT2D eigenvalue weighted by atomic mass is 10.1. The number of carbonyl (C=O) groups is 2. The van der Waals surface area contributed by atoms with Crippen LogP contribution in [0.2, 0.25) is 0 Å². The molecule has 0 atom stereocenters. The molecular weight excluding hydrogens is 726 g/mol. The minimum absolute atomic E-state index is 0. The number of unbranched alkanes of at least 4 members (excludes halogenated alkanes) is 9. The van der Waals surface area contributed by atoms with E-state index >= 15 is 0 Å². The summed E-state index contributed by atoms with van der Waals surface area (Å²) in [5.41, 5.74) is 1.17. The van der Waals surface area contributed by atoms with E-state index in [4.69, 9.17) is 0 Å². The summed E-state index contributed by atoms with van der Waals surface area (Å²) in [5.74, 6) is -0.0589. The van der Waals surface area contributed by atoms with Crippen molar-refractivity contribution in [2.24, 2.45) is 0 Å². The molecule has 8 heteroatoms. The predicted octanol–water partition coefficient (Wildman–Crippen LogP) is 0.485. The van der Waals surface area contributed by atoms with Crippen LogP contribution >= 0.6 is 0 Å². The fourth-order valence-electron chi connectivity index (χ4n) is 3.91. The predicted molar refractivity (Wildman–Crippen MR) is 168 cm³/mol. The Balaban J connectivity index is -0.000000220. The molecular formula is C32H68I2N4O2. The van der Waals surface area contributed by atoms with E-state index in [0.717, 1.165) is 48.0 Å². The molecule has 0 aliphatic carbocycles. The monoisotopic (exact) mass is 794 g/mol. The van der Waals surface area contributed by atoms with Gasteiger partial charge in [0, 0.05) is 37.1 Å². The quantitative estimate of drug-likeness (QED) is 0.0771. The van der Waals surface area contributed by atoms with Crippen LogP contribution in [0.25, 0.3) is 0 Å². The molecule has 0 bridgehead atoms. The van der Waals surface area contributed by atoms with Crippen molar-refractivity contribution in [3.8, 4) is 0 Å². The third-order valence-corrected chi connectivity index (χ3v) is 6.41. The molecule has 0 heterocycles. The molecule has 0 fully saturated rings. The number of nitrogens with one attached hydrogen (secondary N) is 2. The summed E-state index contributed by atoms with van der Waals surface area (Å²) in [6.45, 7) is 17.9. The maximum absolute atomic E-state index is 11.4. The van der Waals surface area contributed by atoms with E-state index in [1.54, 1.807) is 13.8 Å². The zero-order chi connectivity index (χ0) is 28.7. The number of carbonyl (C=O) groups excluding carboxylic acids is 2. The number of nitrogens with zero attached hydrogens (tertiary/aromatic N) is 2. The van der Waals surface area contributed by atoms with Crippen LogP contribution in [0.4, 0.5) is 0 Å². The van der Waals surface area contributed by atoms with E-state index in [2.05, 4.69) is 66.0 Å². The molecule has 0 aromatic carbocycles. The van der Waals surface area contributed by atoms with Gasteiger partial charge in [-0.1, -0.05) is 78.9 Å². The normalized spacial score (nSPS) is 10.5. The molecule has 0 rings (SSSR count). The van der Waals surface area contributed by atoms with Crippen LogP contribution < -0.4 is 58.6 Å². The standard InChI is InChI=1S/C21H42N2O.C10H20N2O.CH4.2HI/c1-6-7-8-9-10-11-12-13-14-15-18-23(4,5)19-16-17-22-21(24)20(2)3;1-9(2)10(13)11-7-6-8-12(3,4)5;;;/h2,6-19H2,1,3-5H3;1,6-8H2,2-5H3;1H4;2*1H. The summed E-state index contributed by atoms with van der Waals surface area (Å²) in [7, 11) is 11.0. The van der Waals surface area contributed by atoms with Gasteiger partial charge in [0.25, 0.3) is 0 Å². The van der Waals surface area contributed by atoms with Crippen molar-refractivity contribution < 1.29 is 66.5 Å². The maximum Gasteiger partial charge on any atom is 0.246 e. The molecule has 0 aliphatic heterocycles. The Kier molecular flexibility index (Phi) is 37.4. The number of hydrogen-bond donors (Lipinski definition) is 2. The average Bonchev–Trinajstić information content (AvgIpc) is 2.80. The van der Waals surface area contributed by atoms with Gasteiger partial charge in [-0.3, -0.25) is 9.59 Å². The van der Waals surface area contributed by atoms with Gasteiger partial charge in [-0.05, 0) is 26.7 Å². The van der Waals surface area contributed by atoms with Crippen molar-refractivity contribution >= 4 is 11.8 Å². The fraction of sp³-hybridized carbons (Fsp3) is 0.812.